The van der Waals surface area contributed by atoms with Gasteiger partial charge in [0.25, 0.3) is 0 Å². The summed E-state index contributed by atoms with van der Waals surface area (Å²) in [5, 5.41) is 7.59. The first-order valence-electron chi connectivity index (χ1n) is 9.43. The van der Waals surface area contributed by atoms with Crippen LogP contribution in [0.3, 0.4) is 0 Å². The fourth-order valence-electron chi connectivity index (χ4n) is 3.82. The molecule has 3 aliphatic rings. The molecule has 0 aromatic carbocycles. The van der Waals surface area contributed by atoms with Crippen LogP contribution in [0.1, 0.15) is 45.0 Å². The summed E-state index contributed by atoms with van der Waals surface area (Å²) in [6.07, 6.45) is 1.90. The minimum Gasteiger partial charge on any atom is -0.347 e. The van der Waals surface area contributed by atoms with Crippen LogP contribution in [0.15, 0.2) is 6.07 Å². The van der Waals surface area contributed by atoms with Crippen molar-refractivity contribution < 1.29 is 9.59 Å². The van der Waals surface area contributed by atoms with Crippen molar-refractivity contribution in [3.05, 3.63) is 17.5 Å². The van der Waals surface area contributed by atoms with E-state index < -0.39 is 0 Å². The second kappa shape index (κ2) is 7.02. The van der Waals surface area contributed by atoms with Gasteiger partial charge in [0.2, 0.25) is 11.8 Å². The quantitative estimate of drug-likeness (QED) is 0.875. The molecule has 1 aromatic heterocycles. The number of carbonyl (C=O) groups excluding carboxylic acids is 2. The Balaban J connectivity index is 1.70. The lowest BCUT2D eigenvalue weighted by molar-refractivity contribution is -0.145. The Bertz CT molecular complexity index is 676. The molecule has 7 nitrogen and oxygen atoms in total. The first kappa shape index (κ1) is 18.9. The lowest BCUT2D eigenvalue weighted by Gasteiger charge is -2.36. The molecule has 3 fully saturated rings. The van der Waals surface area contributed by atoms with Crippen LogP contribution < -0.4 is 0 Å². The monoisotopic (exact) mass is 361 g/mol. The maximum Gasteiger partial charge on any atom is 0.241 e. The van der Waals surface area contributed by atoms with E-state index in [1.165, 1.54) is 0 Å². The van der Waals surface area contributed by atoms with E-state index in [0.717, 1.165) is 43.9 Å². The van der Waals surface area contributed by atoms with Gasteiger partial charge in [-0.05, 0) is 18.9 Å². The summed E-state index contributed by atoms with van der Waals surface area (Å²) < 4.78 is 0. The molecule has 1 aromatic rings. The Hall–Kier alpha value is -1.89. The lowest BCUT2D eigenvalue weighted by Crippen LogP contribution is -2.51. The molecular formula is C19H31N5O2. The van der Waals surface area contributed by atoms with Crippen LogP contribution in [0.4, 0.5) is 0 Å². The van der Waals surface area contributed by atoms with Crippen LogP contribution in [-0.2, 0) is 21.5 Å². The SMILES string of the molecule is CN(C)C(=O)CN1C(=O)[C@H]2CC[C@@H]1CN(Cc1cc(C(C)(C)C)n[nH]1)C2. The van der Waals surface area contributed by atoms with E-state index in [4.69, 9.17) is 0 Å². The summed E-state index contributed by atoms with van der Waals surface area (Å²) in [5.74, 6) is 0.119. The molecule has 0 aliphatic carbocycles. The van der Waals surface area contributed by atoms with Crippen LogP contribution >= 0.6 is 0 Å². The third-order valence-corrected chi connectivity index (χ3v) is 5.47. The Morgan fingerprint density at radius 2 is 2.04 bits per heavy atom. The molecule has 4 rings (SSSR count). The highest BCUT2D eigenvalue weighted by Gasteiger charge is 2.41. The number of fused-ring (bicyclic) bond motifs is 4. The summed E-state index contributed by atoms with van der Waals surface area (Å²) >= 11 is 0. The van der Waals surface area contributed by atoms with Crippen molar-refractivity contribution in [3.8, 4) is 0 Å². The van der Waals surface area contributed by atoms with Crippen molar-refractivity contribution in [1.29, 1.82) is 0 Å². The van der Waals surface area contributed by atoms with Crippen LogP contribution in [0.2, 0.25) is 0 Å². The molecule has 4 heterocycles. The fourth-order valence-corrected chi connectivity index (χ4v) is 3.82. The molecule has 3 aliphatic heterocycles. The molecule has 2 bridgehead atoms. The summed E-state index contributed by atoms with van der Waals surface area (Å²) in [4.78, 5) is 30.6. The van der Waals surface area contributed by atoms with E-state index in [1.807, 2.05) is 4.90 Å². The number of piperidine rings is 1. The van der Waals surface area contributed by atoms with Crippen molar-refractivity contribution in [3.63, 3.8) is 0 Å². The lowest BCUT2D eigenvalue weighted by atomic mass is 9.92. The number of hydrogen-bond donors (Lipinski definition) is 1. The number of likely N-dealkylation sites (N-methyl/N-ethyl adjacent to an activating group) is 1. The van der Waals surface area contributed by atoms with Crippen molar-refractivity contribution in [2.24, 2.45) is 5.92 Å². The molecule has 0 radical (unpaired) electrons. The van der Waals surface area contributed by atoms with E-state index in [0.29, 0.717) is 0 Å². The average Bonchev–Trinajstić information content (AvgIpc) is 2.87. The van der Waals surface area contributed by atoms with Gasteiger partial charge in [-0.3, -0.25) is 19.6 Å². The van der Waals surface area contributed by atoms with Crippen molar-refractivity contribution in [2.45, 2.75) is 51.6 Å². The molecule has 144 valence electrons. The third-order valence-electron chi connectivity index (χ3n) is 5.47. The largest absolute Gasteiger partial charge is 0.347 e. The molecule has 3 saturated heterocycles. The van der Waals surface area contributed by atoms with Gasteiger partial charge in [-0.25, -0.2) is 0 Å². The van der Waals surface area contributed by atoms with Crippen LogP contribution in [0, 0.1) is 5.92 Å². The highest BCUT2D eigenvalue weighted by atomic mass is 16.2. The molecule has 7 heteroatoms. The summed E-state index contributed by atoms with van der Waals surface area (Å²) in [6, 6.07) is 2.25. The number of H-pyrrole nitrogens is 1. The van der Waals surface area contributed by atoms with E-state index in [2.05, 4.69) is 41.9 Å². The van der Waals surface area contributed by atoms with Gasteiger partial charge in [0.15, 0.2) is 0 Å². The van der Waals surface area contributed by atoms with E-state index in [1.54, 1.807) is 19.0 Å². The zero-order valence-electron chi connectivity index (χ0n) is 16.6. The van der Waals surface area contributed by atoms with Gasteiger partial charge in [-0.15, -0.1) is 0 Å². The molecule has 2 amide bonds. The molecule has 2 atom stereocenters. The normalized spacial score (nSPS) is 24.0. The van der Waals surface area contributed by atoms with Crippen molar-refractivity contribution in [1.82, 2.24) is 24.9 Å². The number of aromatic nitrogens is 2. The summed E-state index contributed by atoms with van der Waals surface area (Å²) in [7, 11) is 3.47. The summed E-state index contributed by atoms with van der Waals surface area (Å²) in [5.41, 5.74) is 2.16. The van der Waals surface area contributed by atoms with Gasteiger partial charge >= 0.3 is 0 Å². The first-order chi connectivity index (χ1) is 12.1. The highest BCUT2D eigenvalue weighted by Crippen LogP contribution is 2.30. The predicted molar refractivity (Wildman–Crippen MR) is 99.5 cm³/mol. The number of carbonyl (C=O) groups is 2. The first-order valence-corrected chi connectivity index (χ1v) is 9.43. The Labute approximate surface area is 155 Å². The second-order valence-electron chi connectivity index (χ2n) is 8.90. The Morgan fingerprint density at radius 1 is 1.31 bits per heavy atom. The van der Waals surface area contributed by atoms with Gasteiger partial charge in [0.1, 0.15) is 6.54 Å². The van der Waals surface area contributed by atoms with Gasteiger partial charge in [0.05, 0.1) is 11.6 Å². The van der Waals surface area contributed by atoms with Crippen LogP contribution in [0.5, 0.6) is 0 Å². The van der Waals surface area contributed by atoms with Gasteiger partial charge in [-0.1, -0.05) is 20.8 Å². The molecule has 26 heavy (non-hydrogen) atoms. The van der Waals surface area contributed by atoms with Crippen LogP contribution in [-0.4, -0.2) is 76.5 Å². The smallest absolute Gasteiger partial charge is 0.241 e. The molecule has 0 spiro atoms. The topological polar surface area (TPSA) is 72.5 Å². The van der Waals surface area contributed by atoms with Crippen LogP contribution in [0.25, 0.3) is 0 Å². The molecule has 0 saturated carbocycles. The molecule has 1 N–H and O–H groups in total. The third kappa shape index (κ3) is 3.92. The number of nitrogens with one attached hydrogen (secondary N) is 1. The number of hydrogen-bond acceptors (Lipinski definition) is 4. The number of amides is 2. The molecule has 0 unspecified atom stereocenters. The zero-order chi connectivity index (χ0) is 19.1. The maximum atomic E-state index is 12.8. The van der Waals surface area contributed by atoms with Gasteiger partial charge in [0, 0.05) is 50.9 Å². The number of nitrogens with zero attached hydrogens (tertiary/aromatic N) is 4. The Kier molecular flexibility index (Phi) is 5.10. The molecular weight excluding hydrogens is 330 g/mol. The zero-order valence-corrected chi connectivity index (χ0v) is 16.6. The standard InChI is InChI=1S/C19H31N5O2/c1-19(2,3)16-8-14(20-21-16)10-23-9-13-6-7-15(11-23)24(18(13)26)12-17(25)22(4)5/h8,13,15H,6-7,9-12H2,1-5H3,(H,20,21)/t13-,15+/m0/s1. The highest BCUT2D eigenvalue weighted by molar-refractivity contribution is 5.86. The maximum absolute atomic E-state index is 12.8. The second-order valence-corrected chi connectivity index (χ2v) is 8.90. The fraction of sp³-hybridized carbons (Fsp3) is 0.737. The average molecular weight is 361 g/mol. The van der Waals surface area contributed by atoms with E-state index in [9.17, 15) is 9.59 Å². The van der Waals surface area contributed by atoms with Crippen molar-refractivity contribution >= 4 is 11.8 Å². The minimum atomic E-state index is -0.0131. The number of rotatable bonds is 4. The van der Waals surface area contributed by atoms with Gasteiger partial charge < -0.3 is 9.80 Å². The van der Waals surface area contributed by atoms with E-state index >= 15 is 0 Å². The predicted octanol–water partition coefficient (Wildman–Crippen LogP) is 1.22. The van der Waals surface area contributed by atoms with Crippen molar-refractivity contribution in [2.75, 3.05) is 33.7 Å². The van der Waals surface area contributed by atoms with E-state index in [-0.39, 0.29) is 35.7 Å². The number of aromatic amines is 1. The summed E-state index contributed by atoms with van der Waals surface area (Å²) in [6.45, 7) is 8.98. The Morgan fingerprint density at radius 3 is 2.65 bits per heavy atom. The van der Waals surface area contributed by atoms with Gasteiger partial charge in [-0.2, -0.15) is 5.10 Å². The minimum absolute atomic E-state index is 0.00581.